The molecule has 1 aliphatic heterocycles. The van der Waals surface area contributed by atoms with Crippen LogP contribution in [-0.4, -0.2) is 24.8 Å². The quantitative estimate of drug-likeness (QED) is 0.295. The summed E-state index contributed by atoms with van der Waals surface area (Å²) in [5.74, 6) is -2.00. The van der Waals surface area contributed by atoms with E-state index >= 15 is 0 Å². The zero-order valence-electron chi connectivity index (χ0n) is 16.3. The smallest absolute Gasteiger partial charge is 0.348 e. The van der Waals surface area contributed by atoms with Crippen LogP contribution in [0, 0.1) is 0 Å². The molecule has 1 fully saturated rings. The van der Waals surface area contributed by atoms with E-state index in [0.29, 0.717) is 31.6 Å². The first-order chi connectivity index (χ1) is 14.1. The molecule has 0 unspecified atom stereocenters. The fourth-order valence-corrected chi connectivity index (χ4v) is 3.56. The molecule has 0 saturated carbocycles. The Bertz CT molecular complexity index is 1030. The molecule has 0 atom stereocenters. The molecule has 2 aromatic carbocycles. The van der Waals surface area contributed by atoms with Gasteiger partial charge in [0.15, 0.2) is 11.5 Å². The number of benzene rings is 2. The molecule has 1 heterocycles. The Morgan fingerprint density at radius 3 is 2.33 bits per heavy atom. The van der Waals surface area contributed by atoms with E-state index in [0.717, 1.165) is 5.56 Å². The minimum Gasteiger partial charge on any atom is -0.493 e. The molecule has 1 saturated heterocycles. The second-order valence-corrected chi connectivity index (χ2v) is 8.48. The average Bonchev–Trinajstić information content (AvgIpc) is 2.64. The molecule has 0 spiro atoms. The Hall–Kier alpha value is -2.22. The fourth-order valence-electron chi connectivity index (χ4n) is 2.66. The van der Waals surface area contributed by atoms with Crippen LogP contribution >= 0.6 is 39.1 Å². The summed E-state index contributed by atoms with van der Waals surface area (Å²) in [5.41, 5.74) is 1.03. The molecule has 6 nitrogen and oxygen atoms in total. The number of carbonyl (C=O) groups is 2. The van der Waals surface area contributed by atoms with E-state index in [1.807, 2.05) is 0 Å². The second-order valence-electron chi connectivity index (χ2n) is 6.79. The first kappa shape index (κ1) is 22.5. The lowest BCUT2D eigenvalue weighted by Gasteiger charge is -2.29. The Labute approximate surface area is 191 Å². The standard InChI is InChI=1S/C21H17BrCl2O6/c1-21(2)29-19(25)14(20(26)30-21)6-12-7-17(27-3)18(9-15(12)22)28-10-11-4-5-13(23)8-16(11)24/h4-9H,10H2,1-3H3. The summed E-state index contributed by atoms with van der Waals surface area (Å²) in [6, 6.07) is 8.41. The van der Waals surface area contributed by atoms with Crippen molar-refractivity contribution in [2.45, 2.75) is 26.2 Å². The van der Waals surface area contributed by atoms with Gasteiger partial charge in [-0.05, 0) is 35.9 Å². The van der Waals surface area contributed by atoms with Crippen molar-refractivity contribution in [2.75, 3.05) is 7.11 Å². The van der Waals surface area contributed by atoms with E-state index in [-0.39, 0.29) is 12.2 Å². The van der Waals surface area contributed by atoms with Crippen molar-refractivity contribution >= 4 is 57.1 Å². The largest absolute Gasteiger partial charge is 0.493 e. The number of esters is 2. The van der Waals surface area contributed by atoms with E-state index in [4.69, 9.17) is 42.1 Å². The van der Waals surface area contributed by atoms with Crippen LogP contribution < -0.4 is 9.47 Å². The lowest BCUT2D eigenvalue weighted by molar-refractivity contribution is -0.222. The summed E-state index contributed by atoms with van der Waals surface area (Å²) in [6.07, 6.45) is 1.37. The van der Waals surface area contributed by atoms with Gasteiger partial charge < -0.3 is 18.9 Å². The topological polar surface area (TPSA) is 71.1 Å². The molecule has 0 aliphatic carbocycles. The lowest BCUT2D eigenvalue weighted by Crippen LogP contribution is -2.41. The minimum atomic E-state index is -1.30. The Balaban J connectivity index is 1.87. The molecule has 30 heavy (non-hydrogen) atoms. The highest BCUT2D eigenvalue weighted by Crippen LogP contribution is 2.36. The number of cyclic esters (lactones) is 2. The van der Waals surface area contributed by atoms with Crippen molar-refractivity contribution in [3.05, 3.63) is 61.5 Å². The van der Waals surface area contributed by atoms with E-state index in [9.17, 15) is 9.59 Å². The van der Waals surface area contributed by atoms with Crippen LogP contribution in [0.3, 0.4) is 0 Å². The first-order valence-electron chi connectivity index (χ1n) is 8.72. The van der Waals surface area contributed by atoms with E-state index in [1.54, 1.807) is 30.3 Å². The van der Waals surface area contributed by atoms with Gasteiger partial charge in [-0.1, -0.05) is 45.2 Å². The van der Waals surface area contributed by atoms with Crippen LogP contribution in [0.2, 0.25) is 10.0 Å². The third kappa shape index (κ3) is 5.09. The maximum atomic E-state index is 12.2. The first-order valence-corrected chi connectivity index (χ1v) is 10.3. The van der Waals surface area contributed by atoms with Crippen molar-refractivity contribution in [1.82, 2.24) is 0 Å². The third-order valence-electron chi connectivity index (χ3n) is 4.10. The highest BCUT2D eigenvalue weighted by atomic mass is 79.9. The average molecular weight is 516 g/mol. The van der Waals surface area contributed by atoms with Gasteiger partial charge in [0.2, 0.25) is 0 Å². The maximum Gasteiger partial charge on any atom is 0.348 e. The van der Waals surface area contributed by atoms with Crippen molar-refractivity contribution in [1.29, 1.82) is 0 Å². The molecule has 0 bridgehead atoms. The molecule has 2 aromatic rings. The van der Waals surface area contributed by atoms with E-state index < -0.39 is 17.7 Å². The van der Waals surface area contributed by atoms with Gasteiger partial charge in [0.25, 0.3) is 5.79 Å². The molecule has 9 heteroatoms. The predicted molar refractivity (Wildman–Crippen MR) is 116 cm³/mol. The second kappa shape index (κ2) is 8.88. The zero-order chi connectivity index (χ0) is 22.1. The van der Waals surface area contributed by atoms with Gasteiger partial charge in [0, 0.05) is 33.9 Å². The van der Waals surface area contributed by atoms with Gasteiger partial charge in [-0.25, -0.2) is 9.59 Å². The molecular formula is C21H17BrCl2O6. The molecule has 0 amide bonds. The van der Waals surface area contributed by atoms with E-state index in [2.05, 4.69) is 15.9 Å². The highest BCUT2D eigenvalue weighted by molar-refractivity contribution is 9.10. The zero-order valence-corrected chi connectivity index (χ0v) is 19.4. The molecule has 1 aliphatic rings. The minimum absolute atomic E-state index is 0.187. The number of hydrogen-bond acceptors (Lipinski definition) is 6. The predicted octanol–water partition coefficient (Wildman–Crippen LogP) is 5.56. The van der Waals surface area contributed by atoms with E-state index in [1.165, 1.54) is 27.0 Å². The van der Waals surface area contributed by atoms with Gasteiger partial charge >= 0.3 is 11.9 Å². The van der Waals surface area contributed by atoms with Gasteiger partial charge in [0.05, 0.1) is 7.11 Å². The molecule has 3 rings (SSSR count). The molecule has 0 radical (unpaired) electrons. The number of methoxy groups -OCH3 is 1. The van der Waals surface area contributed by atoms with Crippen molar-refractivity contribution < 1.29 is 28.5 Å². The highest BCUT2D eigenvalue weighted by Gasteiger charge is 2.39. The van der Waals surface area contributed by atoms with Crippen LogP contribution in [-0.2, 0) is 25.7 Å². The fraction of sp³-hybridized carbons (Fsp3) is 0.238. The number of hydrogen-bond donors (Lipinski definition) is 0. The Morgan fingerprint density at radius 2 is 1.73 bits per heavy atom. The van der Waals surface area contributed by atoms with Crippen molar-refractivity contribution in [3.63, 3.8) is 0 Å². The van der Waals surface area contributed by atoms with Crippen LogP contribution in [0.1, 0.15) is 25.0 Å². The van der Waals surface area contributed by atoms with Crippen LogP contribution in [0.15, 0.2) is 40.4 Å². The summed E-state index contributed by atoms with van der Waals surface area (Å²) >= 11 is 15.5. The monoisotopic (exact) mass is 514 g/mol. The van der Waals surface area contributed by atoms with Gasteiger partial charge in [0.1, 0.15) is 12.2 Å². The number of halogens is 3. The molecular weight excluding hydrogens is 499 g/mol. The maximum absolute atomic E-state index is 12.2. The molecule has 0 N–H and O–H groups in total. The summed E-state index contributed by atoms with van der Waals surface area (Å²) in [6.45, 7) is 3.15. The Morgan fingerprint density at radius 1 is 1.07 bits per heavy atom. The molecule has 0 aromatic heterocycles. The third-order valence-corrected chi connectivity index (χ3v) is 5.37. The summed E-state index contributed by atoms with van der Waals surface area (Å²) < 4.78 is 22.0. The normalized spacial score (nSPS) is 15.3. The van der Waals surface area contributed by atoms with Gasteiger partial charge in [-0.15, -0.1) is 0 Å². The van der Waals surface area contributed by atoms with Crippen LogP contribution in [0.4, 0.5) is 0 Å². The SMILES string of the molecule is COc1cc(C=C2C(=O)OC(C)(C)OC2=O)c(Br)cc1OCc1ccc(Cl)cc1Cl. The lowest BCUT2D eigenvalue weighted by atomic mass is 10.1. The van der Waals surface area contributed by atoms with Crippen molar-refractivity contribution in [2.24, 2.45) is 0 Å². The number of carbonyl (C=O) groups excluding carboxylic acids is 2. The summed E-state index contributed by atoms with van der Waals surface area (Å²) in [5, 5.41) is 1.02. The van der Waals surface area contributed by atoms with Gasteiger partial charge in [-0.2, -0.15) is 0 Å². The summed E-state index contributed by atoms with van der Waals surface area (Å²) in [7, 11) is 1.48. The van der Waals surface area contributed by atoms with Crippen molar-refractivity contribution in [3.8, 4) is 11.5 Å². The molecule has 158 valence electrons. The summed E-state index contributed by atoms with van der Waals surface area (Å²) in [4.78, 5) is 24.4. The number of rotatable bonds is 5. The van der Waals surface area contributed by atoms with Crippen LogP contribution in [0.5, 0.6) is 11.5 Å². The van der Waals surface area contributed by atoms with Crippen LogP contribution in [0.25, 0.3) is 6.08 Å². The Kier molecular flexibility index (Phi) is 6.65. The number of ether oxygens (including phenoxy) is 4. The van der Waals surface area contributed by atoms with Gasteiger partial charge in [-0.3, -0.25) is 0 Å².